The molecule has 0 radical (unpaired) electrons. The highest BCUT2D eigenvalue weighted by Crippen LogP contribution is 2.24. The molecule has 1 aliphatic heterocycles. The first-order valence-corrected chi connectivity index (χ1v) is 12.5. The number of benzene rings is 2. The van der Waals surface area contributed by atoms with Gasteiger partial charge in [0, 0.05) is 55.3 Å². The normalized spacial score (nSPS) is 15.1. The second-order valence-corrected chi connectivity index (χ2v) is 9.40. The van der Waals surface area contributed by atoms with Gasteiger partial charge in [-0.15, -0.1) is 0 Å². The molecule has 0 aliphatic carbocycles. The molecule has 1 aliphatic rings. The Labute approximate surface area is 216 Å². The minimum atomic E-state index is -0.297. The van der Waals surface area contributed by atoms with Crippen molar-refractivity contribution in [3.63, 3.8) is 0 Å². The lowest BCUT2D eigenvalue weighted by atomic mass is 10.0. The molecule has 37 heavy (non-hydrogen) atoms. The fourth-order valence-electron chi connectivity index (χ4n) is 4.67. The minimum Gasteiger partial charge on any atom is -0.383 e. The lowest BCUT2D eigenvalue weighted by Gasteiger charge is -2.18. The van der Waals surface area contributed by atoms with Crippen LogP contribution in [0.25, 0.3) is 22.3 Å². The van der Waals surface area contributed by atoms with Gasteiger partial charge in [-0.1, -0.05) is 43.3 Å². The molecule has 4 aromatic rings. The lowest BCUT2D eigenvalue weighted by Crippen LogP contribution is -2.38. The average molecular weight is 495 g/mol. The van der Waals surface area contributed by atoms with Gasteiger partial charge < -0.3 is 16.0 Å². The predicted octanol–water partition coefficient (Wildman–Crippen LogP) is 3.94. The van der Waals surface area contributed by atoms with Crippen LogP contribution in [-0.4, -0.2) is 50.6 Å². The number of hydrogen-bond acceptors (Lipinski definition) is 5. The zero-order valence-corrected chi connectivity index (χ0v) is 21.0. The first-order valence-electron chi connectivity index (χ1n) is 12.5. The summed E-state index contributed by atoms with van der Waals surface area (Å²) in [7, 11) is 1.83. The number of rotatable bonds is 6. The van der Waals surface area contributed by atoms with Crippen LogP contribution in [0.15, 0.2) is 73.2 Å². The van der Waals surface area contributed by atoms with Crippen LogP contribution in [0.5, 0.6) is 0 Å². The van der Waals surface area contributed by atoms with E-state index < -0.39 is 0 Å². The van der Waals surface area contributed by atoms with Gasteiger partial charge in [0.05, 0.1) is 11.8 Å². The second-order valence-electron chi connectivity index (χ2n) is 9.40. The van der Waals surface area contributed by atoms with Gasteiger partial charge in [0.1, 0.15) is 5.82 Å². The number of aromatic nitrogens is 3. The number of nitrogens with one attached hydrogen (secondary N) is 1. The Morgan fingerprint density at radius 1 is 1.03 bits per heavy atom. The van der Waals surface area contributed by atoms with Crippen LogP contribution in [0, 0.1) is 0 Å². The molecule has 2 aromatic heterocycles. The maximum absolute atomic E-state index is 13.1. The topological polar surface area (TPSA) is 106 Å². The van der Waals surface area contributed by atoms with E-state index in [1.54, 1.807) is 28.0 Å². The summed E-state index contributed by atoms with van der Waals surface area (Å²) in [5.41, 5.74) is 12.1. The molecule has 188 valence electrons. The van der Waals surface area contributed by atoms with Crippen LogP contribution in [0.3, 0.4) is 0 Å². The molecule has 8 heteroatoms. The summed E-state index contributed by atoms with van der Waals surface area (Å²) in [5, 5.41) is 7.19. The number of pyridine rings is 1. The second kappa shape index (κ2) is 10.3. The molecular formula is C29H30N6O2. The number of carbonyl (C=O) groups is 2. The largest absolute Gasteiger partial charge is 0.383 e. The number of anilines is 1. The van der Waals surface area contributed by atoms with Crippen LogP contribution in [-0.2, 0) is 13.5 Å². The molecule has 0 saturated carbocycles. The van der Waals surface area contributed by atoms with Gasteiger partial charge in [0.15, 0.2) is 0 Å². The van der Waals surface area contributed by atoms with E-state index in [2.05, 4.69) is 46.6 Å². The van der Waals surface area contributed by atoms with E-state index in [0.717, 1.165) is 28.7 Å². The van der Waals surface area contributed by atoms with Crippen LogP contribution in [0.1, 0.15) is 39.6 Å². The number of amides is 2. The summed E-state index contributed by atoms with van der Waals surface area (Å²) in [5.74, 6) is -0.167. The first kappa shape index (κ1) is 24.2. The highest BCUT2D eigenvalue weighted by atomic mass is 16.2. The predicted molar refractivity (Wildman–Crippen MR) is 144 cm³/mol. The fraction of sp³-hybridized carbons (Fsp3) is 0.241. The van der Waals surface area contributed by atoms with Gasteiger partial charge in [-0.2, -0.15) is 5.10 Å². The van der Waals surface area contributed by atoms with E-state index in [0.29, 0.717) is 30.6 Å². The smallest absolute Gasteiger partial charge is 0.255 e. The summed E-state index contributed by atoms with van der Waals surface area (Å²) >= 11 is 0. The Balaban J connectivity index is 1.22. The van der Waals surface area contributed by atoms with Gasteiger partial charge in [-0.3, -0.25) is 14.3 Å². The number of hydrogen-bond donors (Lipinski definition) is 2. The highest BCUT2D eigenvalue weighted by molar-refractivity contribution is 6.00. The van der Waals surface area contributed by atoms with Crippen LogP contribution >= 0.6 is 0 Å². The van der Waals surface area contributed by atoms with Gasteiger partial charge >= 0.3 is 0 Å². The molecule has 1 atom stereocenters. The van der Waals surface area contributed by atoms with Crippen molar-refractivity contribution in [1.29, 1.82) is 0 Å². The molecule has 0 spiro atoms. The van der Waals surface area contributed by atoms with Gasteiger partial charge in [0.25, 0.3) is 11.8 Å². The standard InChI is InChI=1S/C29H30N6O2/c1-3-19-5-4-6-22(13-19)20-7-9-21(10-8-20)29(37)35-12-11-25(18-35)33-28(36)26-14-23(15-31-27(26)30)24-16-32-34(2)17-24/h4-10,13-17,25H,3,11-12,18H2,1-2H3,(H2,30,31)(H,33,36)/t25-/m1/s1. The maximum Gasteiger partial charge on any atom is 0.255 e. The Morgan fingerprint density at radius 3 is 2.57 bits per heavy atom. The summed E-state index contributed by atoms with van der Waals surface area (Å²) in [6.45, 7) is 3.16. The number of likely N-dealkylation sites (tertiary alicyclic amines) is 1. The van der Waals surface area contributed by atoms with Crippen LogP contribution < -0.4 is 11.1 Å². The monoisotopic (exact) mass is 494 g/mol. The molecule has 8 nitrogen and oxygen atoms in total. The molecule has 2 amide bonds. The molecule has 3 heterocycles. The van der Waals surface area contributed by atoms with Crippen molar-refractivity contribution in [2.24, 2.45) is 7.05 Å². The molecule has 1 saturated heterocycles. The molecule has 0 bridgehead atoms. The van der Waals surface area contributed by atoms with Crippen molar-refractivity contribution in [1.82, 2.24) is 25.0 Å². The first-order chi connectivity index (χ1) is 17.9. The van der Waals surface area contributed by atoms with Crippen molar-refractivity contribution < 1.29 is 9.59 Å². The molecule has 0 unspecified atom stereocenters. The molecule has 2 aromatic carbocycles. The van der Waals surface area contributed by atoms with E-state index in [4.69, 9.17) is 5.73 Å². The Kier molecular flexibility index (Phi) is 6.72. The van der Waals surface area contributed by atoms with Crippen molar-refractivity contribution in [3.05, 3.63) is 89.9 Å². The van der Waals surface area contributed by atoms with Crippen LogP contribution in [0.2, 0.25) is 0 Å². The summed E-state index contributed by atoms with van der Waals surface area (Å²) in [6.07, 6.45) is 6.85. The number of nitrogen functional groups attached to an aromatic ring is 1. The van der Waals surface area contributed by atoms with Crippen LogP contribution in [0.4, 0.5) is 5.82 Å². The summed E-state index contributed by atoms with van der Waals surface area (Å²) < 4.78 is 1.69. The lowest BCUT2D eigenvalue weighted by molar-refractivity contribution is 0.0783. The van der Waals surface area contributed by atoms with Crippen molar-refractivity contribution in [2.75, 3.05) is 18.8 Å². The number of nitrogens with two attached hydrogens (primary N) is 1. The van der Waals surface area contributed by atoms with Crippen molar-refractivity contribution in [2.45, 2.75) is 25.8 Å². The van der Waals surface area contributed by atoms with Gasteiger partial charge in [-0.05, 0) is 47.7 Å². The van der Waals surface area contributed by atoms with E-state index >= 15 is 0 Å². The Morgan fingerprint density at radius 2 is 1.84 bits per heavy atom. The summed E-state index contributed by atoms with van der Waals surface area (Å²) in [4.78, 5) is 32.1. The Bertz CT molecular complexity index is 1440. The number of carbonyl (C=O) groups excluding carboxylic acids is 2. The Hall–Kier alpha value is -4.46. The highest BCUT2D eigenvalue weighted by Gasteiger charge is 2.29. The van der Waals surface area contributed by atoms with Gasteiger partial charge in [-0.25, -0.2) is 4.98 Å². The zero-order valence-electron chi connectivity index (χ0n) is 21.0. The van der Waals surface area contributed by atoms with Gasteiger partial charge in [0.2, 0.25) is 0 Å². The minimum absolute atomic E-state index is 0.0367. The molecule has 1 fully saturated rings. The number of aryl methyl sites for hydroxylation is 2. The third-order valence-electron chi connectivity index (χ3n) is 6.81. The zero-order chi connectivity index (χ0) is 25.9. The molecule has 3 N–H and O–H groups in total. The number of nitrogens with zero attached hydrogens (tertiary/aromatic N) is 4. The SMILES string of the molecule is CCc1cccc(-c2ccc(C(=O)N3CC[C@@H](NC(=O)c4cc(-c5cnn(C)c5)cnc4N)C3)cc2)c1. The third kappa shape index (κ3) is 5.23. The molecular weight excluding hydrogens is 464 g/mol. The van der Waals surface area contributed by atoms with Crippen molar-refractivity contribution in [3.8, 4) is 22.3 Å². The average Bonchev–Trinajstić information content (AvgIpc) is 3.57. The molecule has 5 rings (SSSR count). The van der Waals surface area contributed by atoms with Crippen molar-refractivity contribution >= 4 is 17.6 Å². The van der Waals surface area contributed by atoms with E-state index in [1.807, 2.05) is 37.5 Å². The fourth-order valence-corrected chi connectivity index (χ4v) is 4.67. The van der Waals surface area contributed by atoms with E-state index in [-0.39, 0.29) is 23.7 Å². The van der Waals surface area contributed by atoms with E-state index in [1.165, 1.54) is 5.56 Å². The summed E-state index contributed by atoms with van der Waals surface area (Å²) in [6, 6.07) is 17.7. The third-order valence-corrected chi connectivity index (χ3v) is 6.81. The quantitative estimate of drug-likeness (QED) is 0.422. The maximum atomic E-state index is 13.1. The van der Waals surface area contributed by atoms with E-state index in [9.17, 15) is 9.59 Å².